The Morgan fingerprint density at radius 3 is 2.67 bits per heavy atom. The normalized spacial score (nSPS) is 11.2. The quantitative estimate of drug-likeness (QED) is 0.384. The Kier molecular flexibility index (Phi) is 1.45. The van der Waals surface area contributed by atoms with Gasteiger partial charge in [0.05, 0.1) is 11.2 Å². The van der Waals surface area contributed by atoms with E-state index in [1.54, 1.807) is 12.1 Å². The van der Waals surface area contributed by atoms with Gasteiger partial charge < -0.3 is 15.8 Å². The fourth-order valence-corrected chi connectivity index (χ4v) is 1.90. The van der Waals surface area contributed by atoms with E-state index in [1.807, 2.05) is 24.3 Å². The van der Waals surface area contributed by atoms with Gasteiger partial charge in [0.15, 0.2) is 0 Å². The van der Waals surface area contributed by atoms with Gasteiger partial charge in [0.2, 0.25) is 0 Å². The van der Waals surface area contributed by atoms with E-state index in [2.05, 4.69) is 4.98 Å². The molecule has 0 atom stereocenters. The first-order valence-corrected chi connectivity index (χ1v) is 4.74. The molecule has 0 aliphatic rings. The van der Waals surface area contributed by atoms with Crippen LogP contribution in [-0.2, 0) is 0 Å². The molecule has 0 aliphatic carbocycles. The van der Waals surface area contributed by atoms with Gasteiger partial charge in [-0.2, -0.15) is 0 Å². The lowest BCUT2D eigenvalue weighted by atomic mass is 10.1. The second kappa shape index (κ2) is 2.67. The average molecular weight is 198 g/mol. The van der Waals surface area contributed by atoms with E-state index in [-0.39, 0.29) is 5.75 Å². The smallest absolute Gasteiger partial charge is 0.140 e. The summed E-state index contributed by atoms with van der Waals surface area (Å²) in [7, 11) is 0. The molecule has 0 aliphatic heterocycles. The van der Waals surface area contributed by atoms with E-state index < -0.39 is 0 Å². The van der Waals surface area contributed by atoms with Gasteiger partial charge in [0.25, 0.3) is 0 Å². The molecule has 0 fully saturated rings. The van der Waals surface area contributed by atoms with Crippen LogP contribution < -0.4 is 5.73 Å². The Bertz CT molecular complexity index is 655. The van der Waals surface area contributed by atoms with Crippen molar-refractivity contribution >= 4 is 27.5 Å². The largest absolute Gasteiger partial charge is 0.506 e. The molecule has 0 spiro atoms. The zero-order valence-electron chi connectivity index (χ0n) is 7.99. The molecule has 0 bridgehead atoms. The molecular weight excluding hydrogens is 188 g/mol. The minimum absolute atomic E-state index is 0.119. The third kappa shape index (κ3) is 1.06. The molecule has 3 nitrogen and oxygen atoms in total. The van der Waals surface area contributed by atoms with Gasteiger partial charge in [-0.3, -0.25) is 0 Å². The fraction of sp³-hybridized carbons (Fsp3) is 0. The molecule has 3 rings (SSSR count). The Balaban J connectivity index is 2.56. The molecular formula is C12H10N2O. The number of nitrogens with two attached hydrogens (primary N) is 1. The van der Waals surface area contributed by atoms with Crippen molar-refractivity contribution in [2.24, 2.45) is 0 Å². The van der Waals surface area contributed by atoms with Crippen molar-refractivity contribution in [1.82, 2.24) is 4.98 Å². The number of para-hydroxylation sites is 1. The van der Waals surface area contributed by atoms with Crippen LogP contribution >= 0.6 is 0 Å². The molecule has 15 heavy (non-hydrogen) atoms. The van der Waals surface area contributed by atoms with Gasteiger partial charge in [0, 0.05) is 22.4 Å². The van der Waals surface area contributed by atoms with Gasteiger partial charge in [-0.05, 0) is 12.1 Å². The minimum atomic E-state index is 0.119. The van der Waals surface area contributed by atoms with Gasteiger partial charge in [-0.25, -0.2) is 0 Å². The van der Waals surface area contributed by atoms with Crippen LogP contribution in [0.25, 0.3) is 21.8 Å². The van der Waals surface area contributed by atoms with Gasteiger partial charge in [0.1, 0.15) is 5.75 Å². The summed E-state index contributed by atoms with van der Waals surface area (Å²) < 4.78 is 0. The second-order valence-corrected chi connectivity index (χ2v) is 3.63. The maximum Gasteiger partial charge on any atom is 0.140 e. The molecule has 1 heterocycles. The van der Waals surface area contributed by atoms with Crippen molar-refractivity contribution < 1.29 is 5.11 Å². The summed E-state index contributed by atoms with van der Waals surface area (Å²) in [5.41, 5.74) is 8.04. The second-order valence-electron chi connectivity index (χ2n) is 3.63. The molecule has 2 aromatic carbocycles. The van der Waals surface area contributed by atoms with Gasteiger partial charge in [-0.15, -0.1) is 0 Å². The number of nitrogen functional groups attached to an aromatic ring is 1. The summed E-state index contributed by atoms with van der Waals surface area (Å²) in [4.78, 5) is 3.23. The van der Waals surface area contributed by atoms with E-state index in [1.165, 1.54) is 0 Å². The minimum Gasteiger partial charge on any atom is -0.506 e. The molecule has 0 unspecified atom stereocenters. The molecule has 3 aromatic rings. The van der Waals surface area contributed by atoms with E-state index in [0.717, 1.165) is 21.8 Å². The maximum atomic E-state index is 9.50. The van der Waals surface area contributed by atoms with Crippen LogP contribution in [0.15, 0.2) is 36.4 Å². The third-order valence-corrected chi connectivity index (χ3v) is 2.65. The van der Waals surface area contributed by atoms with Crippen LogP contribution in [0, 0.1) is 0 Å². The SMILES string of the molecule is Nc1cc2c(cc1O)[nH]c1ccccc12. The number of fused-ring (bicyclic) bond motifs is 3. The van der Waals surface area contributed by atoms with Crippen molar-refractivity contribution in [3.8, 4) is 5.75 Å². The van der Waals surface area contributed by atoms with Gasteiger partial charge >= 0.3 is 0 Å². The third-order valence-electron chi connectivity index (χ3n) is 2.65. The predicted octanol–water partition coefficient (Wildman–Crippen LogP) is 2.61. The molecule has 0 amide bonds. The number of aromatic hydroxyl groups is 1. The Morgan fingerprint density at radius 1 is 1.00 bits per heavy atom. The topological polar surface area (TPSA) is 62.0 Å². The molecule has 0 saturated carbocycles. The summed E-state index contributed by atoms with van der Waals surface area (Å²) in [5.74, 6) is 0.119. The lowest BCUT2D eigenvalue weighted by Crippen LogP contribution is -1.84. The zero-order valence-corrected chi connectivity index (χ0v) is 7.99. The van der Waals surface area contributed by atoms with Crippen LogP contribution in [-0.4, -0.2) is 10.1 Å². The van der Waals surface area contributed by atoms with E-state index >= 15 is 0 Å². The summed E-state index contributed by atoms with van der Waals surface area (Å²) >= 11 is 0. The molecule has 74 valence electrons. The van der Waals surface area contributed by atoms with Crippen molar-refractivity contribution in [2.75, 3.05) is 5.73 Å². The highest BCUT2D eigenvalue weighted by atomic mass is 16.3. The number of benzene rings is 2. The fourth-order valence-electron chi connectivity index (χ4n) is 1.90. The summed E-state index contributed by atoms with van der Waals surface area (Å²) in [6.45, 7) is 0. The maximum absolute atomic E-state index is 9.50. The number of hydrogen-bond donors (Lipinski definition) is 3. The predicted molar refractivity (Wildman–Crippen MR) is 61.9 cm³/mol. The Hall–Kier alpha value is -2.16. The number of rotatable bonds is 0. The Labute approximate surface area is 86.1 Å². The monoisotopic (exact) mass is 198 g/mol. The highest BCUT2D eigenvalue weighted by Crippen LogP contribution is 2.31. The summed E-state index contributed by atoms with van der Waals surface area (Å²) in [6.07, 6.45) is 0. The summed E-state index contributed by atoms with van der Waals surface area (Å²) in [5, 5.41) is 11.7. The van der Waals surface area contributed by atoms with E-state index in [0.29, 0.717) is 5.69 Å². The van der Waals surface area contributed by atoms with Gasteiger partial charge in [-0.1, -0.05) is 18.2 Å². The van der Waals surface area contributed by atoms with E-state index in [4.69, 9.17) is 5.73 Å². The molecule has 3 heteroatoms. The average Bonchev–Trinajstić information content (AvgIpc) is 2.57. The summed E-state index contributed by atoms with van der Waals surface area (Å²) in [6, 6.07) is 11.4. The Morgan fingerprint density at radius 2 is 1.80 bits per heavy atom. The van der Waals surface area contributed by atoms with Crippen molar-refractivity contribution in [3.05, 3.63) is 36.4 Å². The van der Waals surface area contributed by atoms with E-state index in [9.17, 15) is 5.11 Å². The molecule has 0 saturated heterocycles. The first kappa shape index (κ1) is 8.17. The van der Waals surface area contributed by atoms with Crippen LogP contribution in [0.5, 0.6) is 5.75 Å². The number of nitrogens with one attached hydrogen (secondary N) is 1. The first-order chi connectivity index (χ1) is 7.25. The number of phenolic OH excluding ortho intramolecular Hbond substituents is 1. The first-order valence-electron chi connectivity index (χ1n) is 4.74. The number of aromatic nitrogens is 1. The highest BCUT2D eigenvalue weighted by molar-refractivity contribution is 6.08. The standard InChI is InChI=1S/C12H10N2O/c13-9-5-8-7-3-1-2-4-10(7)14-11(8)6-12(9)15/h1-6,14-15H,13H2. The number of phenols is 1. The van der Waals surface area contributed by atoms with Crippen LogP contribution in [0.3, 0.4) is 0 Å². The number of H-pyrrole nitrogens is 1. The number of anilines is 1. The van der Waals surface area contributed by atoms with Crippen molar-refractivity contribution in [2.45, 2.75) is 0 Å². The lowest BCUT2D eigenvalue weighted by Gasteiger charge is -1.98. The highest BCUT2D eigenvalue weighted by Gasteiger charge is 2.06. The van der Waals surface area contributed by atoms with Crippen molar-refractivity contribution in [1.29, 1.82) is 0 Å². The van der Waals surface area contributed by atoms with Crippen LogP contribution in [0.4, 0.5) is 5.69 Å². The van der Waals surface area contributed by atoms with Crippen molar-refractivity contribution in [3.63, 3.8) is 0 Å². The number of hydrogen-bond acceptors (Lipinski definition) is 2. The van der Waals surface area contributed by atoms with Crippen LogP contribution in [0.2, 0.25) is 0 Å². The molecule has 1 aromatic heterocycles. The molecule has 4 N–H and O–H groups in total. The molecule has 0 radical (unpaired) electrons. The number of aromatic amines is 1. The zero-order chi connectivity index (χ0) is 10.4. The lowest BCUT2D eigenvalue weighted by molar-refractivity contribution is 0.478. The van der Waals surface area contributed by atoms with Crippen LogP contribution in [0.1, 0.15) is 0 Å².